The van der Waals surface area contributed by atoms with E-state index in [1.165, 1.54) is 5.57 Å². The average molecular weight is 639 g/mol. The largest absolute Gasteiger partial charge is 0.481 e. The third-order valence-corrected chi connectivity index (χ3v) is 14.6. The molecule has 4 saturated carbocycles. The Morgan fingerprint density at radius 2 is 1.56 bits per heavy atom. The van der Waals surface area contributed by atoms with Crippen LogP contribution in [-0.2, 0) is 14.3 Å². The minimum absolute atomic E-state index is 0.0373. The van der Waals surface area contributed by atoms with E-state index in [4.69, 9.17) is 27.9 Å². The van der Waals surface area contributed by atoms with E-state index in [2.05, 4.69) is 41.5 Å². The van der Waals surface area contributed by atoms with E-state index in [0.717, 1.165) is 38.5 Å². The minimum atomic E-state index is -0.753. The lowest BCUT2D eigenvalue weighted by Gasteiger charge is -2.70. The van der Waals surface area contributed by atoms with Gasteiger partial charge in [-0.25, -0.2) is 4.79 Å². The zero-order chi connectivity index (χ0) is 31.8. The van der Waals surface area contributed by atoms with Gasteiger partial charge < -0.3 is 14.7 Å². The summed E-state index contributed by atoms with van der Waals surface area (Å²) in [7, 11) is 0. The molecular formula is C35H53Cl2NO5. The number of amides is 1. The van der Waals surface area contributed by atoms with E-state index in [1.807, 2.05) is 13.0 Å². The van der Waals surface area contributed by atoms with Crippen LogP contribution in [0.2, 0.25) is 0 Å². The fourth-order valence-electron chi connectivity index (χ4n) is 11.3. The Kier molecular flexibility index (Phi) is 8.41. The Morgan fingerprint density at radius 1 is 0.930 bits per heavy atom. The Balaban J connectivity index is 1.48. The number of rotatable bonds is 6. The van der Waals surface area contributed by atoms with E-state index in [-0.39, 0.29) is 62.8 Å². The topological polar surface area (TPSA) is 83.9 Å². The van der Waals surface area contributed by atoms with Crippen LogP contribution in [0.4, 0.5) is 4.79 Å². The van der Waals surface area contributed by atoms with Gasteiger partial charge in [0.2, 0.25) is 0 Å². The first-order valence-corrected chi connectivity index (χ1v) is 17.6. The van der Waals surface area contributed by atoms with E-state index in [1.54, 1.807) is 4.90 Å². The van der Waals surface area contributed by atoms with Gasteiger partial charge in [0, 0.05) is 36.2 Å². The molecule has 0 aromatic rings. The molecule has 8 heteroatoms. The quantitative estimate of drug-likeness (QED) is 0.296. The molecule has 0 unspecified atom stereocenters. The molecule has 6 nitrogen and oxygen atoms in total. The number of carbonyl (C=O) groups excluding carboxylic acids is 2. The van der Waals surface area contributed by atoms with Crippen molar-refractivity contribution in [3.63, 3.8) is 0 Å². The van der Waals surface area contributed by atoms with Crippen molar-refractivity contribution < 1.29 is 24.2 Å². The highest BCUT2D eigenvalue weighted by molar-refractivity contribution is 6.18. The van der Waals surface area contributed by atoms with Crippen LogP contribution in [0.25, 0.3) is 0 Å². The standard InChI is InChI=1S/C35H53Cl2NO5/c1-30(2)25-8-11-35(7)27(33(25,5)10-9-26(30)43-29(42)38(18-16-36)19-17-37)24(39)20-22-23-21-32(4,28(40)41)13-12-31(23,3)14-15-34(22,35)6/h20,23,25-27H,8-19,21H2,1-7H3,(H,40,41)/t23-,25-,26-,27+,31+,32-,33-,34+,35+/m0/s1. The van der Waals surface area contributed by atoms with Crippen molar-refractivity contribution in [2.45, 2.75) is 112 Å². The highest BCUT2D eigenvalue weighted by Crippen LogP contribution is 2.75. The first-order valence-electron chi connectivity index (χ1n) is 16.5. The van der Waals surface area contributed by atoms with Gasteiger partial charge in [-0.05, 0) is 104 Å². The SMILES string of the molecule is CC1(C)[C@@H](OC(=O)N(CCCl)CCCl)CC[C@]2(C)[C@H]3C(=O)C=C4[C@@H]5C[C@@](C)(C(=O)O)CC[C@]5(C)CC[C@@]4(C)[C@]3(C)CC[C@@H]12. The maximum absolute atomic E-state index is 14.6. The van der Waals surface area contributed by atoms with E-state index >= 15 is 0 Å². The third kappa shape index (κ3) is 4.81. The van der Waals surface area contributed by atoms with Gasteiger partial charge in [-0.3, -0.25) is 9.59 Å². The van der Waals surface area contributed by atoms with Gasteiger partial charge in [0.15, 0.2) is 5.78 Å². The van der Waals surface area contributed by atoms with Crippen LogP contribution in [0, 0.1) is 50.2 Å². The number of aliphatic carboxylic acids is 1. The molecule has 0 aromatic carbocycles. The maximum Gasteiger partial charge on any atom is 0.410 e. The van der Waals surface area contributed by atoms with Crippen molar-refractivity contribution in [1.29, 1.82) is 0 Å². The second-order valence-corrected chi connectivity index (χ2v) is 17.4. The molecule has 0 saturated heterocycles. The molecule has 5 rings (SSSR count). The van der Waals surface area contributed by atoms with Gasteiger partial charge in [-0.2, -0.15) is 0 Å². The molecule has 0 spiro atoms. The van der Waals surface area contributed by atoms with Gasteiger partial charge >= 0.3 is 12.1 Å². The second-order valence-electron chi connectivity index (χ2n) is 16.7. The number of fused-ring (bicyclic) bond motifs is 7. The monoisotopic (exact) mass is 637 g/mol. The van der Waals surface area contributed by atoms with Crippen molar-refractivity contribution in [2.24, 2.45) is 50.2 Å². The lowest BCUT2D eigenvalue weighted by atomic mass is 9.33. The van der Waals surface area contributed by atoms with Gasteiger partial charge in [-0.1, -0.05) is 47.1 Å². The summed E-state index contributed by atoms with van der Waals surface area (Å²) < 4.78 is 6.20. The lowest BCUT2D eigenvalue weighted by molar-refractivity contribution is -0.203. The van der Waals surface area contributed by atoms with Gasteiger partial charge in [0.1, 0.15) is 6.10 Å². The highest BCUT2D eigenvalue weighted by Gasteiger charge is 2.70. The molecular weight excluding hydrogens is 585 g/mol. The summed E-state index contributed by atoms with van der Waals surface area (Å²) in [4.78, 5) is 41.7. The number of hydrogen-bond donors (Lipinski definition) is 1. The first-order chi connectivity index (χ1) is 19.9. The number of ether oxygens (including phenoxy) is 1. The zero-order valence-electron chi connectivity index (χ0n) is 27.4. The van der Waals surface area contributed by atoms with Crippen molar-refractivity contribution >= 4 is 41.0 Å². The van der Waals surface area contributed by atoms with Gasteiger partial charge in [0.05, 0.1) is 5.41 Å². The molecule has 1 N–H and O–H groups in total. The summed E-state index contributed by atoms with van der Waals surface area (Å²) in [5, 5.41) is 10.2. The van der Waals surface area contributed by atoms with Crippen molar-refractivity contribution in [1.82, 2.24) is 4.90 Å². The summed E-state index contributed by atoms with van der Waals surface area (Å²) in [5.74, 6) is 0.390. The van der Waals surface area contributed by atoms with Crippen LogP contribution in [-0.4, -0.2) is 58.8 Å². The summed E-state index contributed by atoms with van der Waals surface area (Å²) in [6.45, 7) is 16.6. The summed E-state index contributed by atoms with van der Waals surface area (Å²) in [5.41, 5.74) is -0.379. The first kappa shape index (κ1) is 33.1. The van der Waals surface area contributed by atoms with Crippen molar-refractivity contribution in [3.8, 4) is 0 Å². The minimum Gasteiger partial charge on any atom is -0.481 e. The number of hydrogen-bond acceptors (Lipinski definition) is 4. The van der Waals surface area contributed by atoms with E-state index in [9.17, 15) is 19.5 Å². The van der Waals surface area contributed by atoms with E-state index < -0.39 is 11.4 Å². The Bertz CT molecular complexity index is 1200. The van der Waals surface area contributed by atoms with Crippen LogP contribution in [0.3, 0.4) is 0 Å². The number of carbonyl (C=O) groups is 3. The summed E-state index contributed by atoms with van der Waals surface area (Å²) in [6, 6.07) is 0. The maximum atomic E-state index is 14.6. The Labute approximate surface area is 268 Å². The Hall–Kier alpha value is -1.27. The Morgan fingerprint density at radius 3 is 2.16 bits per heavy atom. The number of carboxylic acids is 1. The predicted molar refractivity (Wildman–Crippen MR) is 170 cm³/mol. The molecule has 0 aliphatic heterocycles. The number of allylic oxidation sites excluding steroid dienone is 2. The summed E-state index contributed by atoms with van der Waals surface area (Å²) >= 11 is 11.9. The van der Waals surface area contributed by atoms with Crippen LogP contribution in [0.5, 0.6) is 0 Å². The second kappa shape index (κ2) is 10.9. The number of carboxylic acid groups (broad SMARTS) is 1. The molecule has 5 aliphatic rings. The third-order valence-electron chi connectivity index (χ3n) is 14.2. The van der Waals surface area contributed by atoms with Crippen molar-refractivity contribution in [2.75, 3.05) is 24.8 Å². The average Bonchev–Trinajstić information content (AvgIpc) is 2.92. The fourth-order valence-corrected chi connectivity index (χ4v) is 11.7. The molecule has 0 aromatic heterocycles. The predicted octanol–water partition coefficient (Wildman–Crippen LogP) is 8.34. The molecule has 5 aliphatic carbocycles. The normalized spacial score (nSPS) is 45.0. The van der Waals surface area contributed by atoms with Gasteiger partial charge in [0.25, 0.3) is 0 Å². The van der Waals surface area contributed by atoms with Crippen molar-refractivity contribution in [3.05, 3.63) is 11.6 Å². The molecule has 4 fully saturated rings. The number of nitrogens with zero attached hydrogens (tertiary/aromatic N) is 1. The summed E-state index contributed by atoms with van der Waals surface area (Å²) in [6.07, 6.45) is 9.16. The zero-order valence-corrected chi connectivity index (χ0v) is 28.9. The number of halogens is 2. The molecule has 1 amide bonds. The van der Waals surface area contributed by atoms with Gasteiger partial charge in [-0.15, -0.1) is 23.2 Å². The molecule has 0 heterocycles. The molecule has 43 heavy (non-hydrogen) atoms. The van der Waals surface area contributed by atoms with E-state index in [0.29, 0.717) is 44.1 Å². The molecule has 9 atom stereocenters. The van der Waals surface area contributed by atoms with Crippen LogP contribution < -0.4 is 0 Å². The van der Waals surface area contributed by atoms with Crippen LogP contribution in [0.1, 0.15) is 106 Å². The van der Waals surface area contributed by atoms with Crippen LogP contribution in [0.15, 0.2) is 11.6 Å². The smallest absolute Gasteiger partial charge is 0.410 e. The molecule has 0 radical (unpaired) electrons. The lowest BCUT2D eigenvalue weighted by Crippen LogP contribution is -2.67. The number of alkyl halides is 2. The highest BCUT2D eigenvalue weighted by atomic mass is 35.5. The molecule has 242 valence electrons. The number of ketones is 1. The fraction of sp³-hybridized carbons (Fsp3) is 0.857. The molecule has 0 bridgehead atoms. The van der Waals surface area contributed by atoms with Crippen LogP contribution >= 0.6 is 23.2 Å².